The summed E-state index contributed by atoms with van der Waals surface area (Å²) in [5, 5.41) is 4.60. The van der Waals surface area contributed by atoms with Crippen molar-refractivity contribution in [3.63, 3.8) is 0 Å². The Morgan fingerprint density at radius 2 is 1.92 bits per heavy atom. The second-order valence-corrected chi connectivity index (χ2v) is 6.74. The topological polar surface area (TPSA) is 56.8 Å². The van der Waals surface area contributed by atoms with Gasteiger partial charge in [0.05, 0.1) is 0 Å². The van der Waals surface area contributed by atoms with Gasteiger partial charge in [-0.3, -0.25) is 0 Å². The lowest BCUT2D eigenvalue weighted by Gasteiger charge is -2.28. The van der Waals surface area contributed by atoms with Gasteiger partial charge in [-0.05, 0) is 49.3 Å². The number of benzene rings is 1. The number of hydrogen-bond donors (Lipinski definition) is 2. The van der Waals surface area contributed by atoms with Crippen LogP contribution in [0.15, 0.2) is 36.5 Å². The molecule has 2 aromatic heterocycles. The van der Waals surface area contributed by atoms with Crippen LogP contribution in [0.1, 0.15) is 38.3 Å². The minimum atomic E-state index is 0. The first-order chi connectivity index (χ1) is 12.3. The lowest BCUT2D eigenvalue weighted by Crippen LogP contribution is -2.30. The summed E-state index contributed by atoms with van der Waals surface area (Å²) in [6, 6.07) is 10.5. The van der Waals surface area contributed by atoms with E-state index < -0.39 is 0 Å². The van der Waals surface area contributed by atoms with Crippen molar-refractivity contribution in [2.45, 2.75) is 39.0 Å². The van der Waals surface area contributed by atoms with E-state index in [2.05, 4.69) is 52.5 Å². The molecular weight excluding hydrogens is 346 g/mol. The molecule has 0 radical (unpaired) electrons. The molecule has 0 atom stereocenters. The van der Waals surface area contributed by atoms with Crippen LogP contribution in [0.2, 0.25) is 0 Å². The van der Waals surface area contributed by atoms with Crippen molar-refractivity contribution in [3.8, 4) is 0 Å². The fourth-order valence-corrected chi connectivity index (χ4v) is 3.46. The Kier molecular flexibility index (Phi) is 5.99. The Balaban J connectivity index is 0.00000196. The van der Waals surface area contributed by atoms with Crippen molar-refractivity contribution in [1.82, 2.24) is 15.0 Å². The van der Waals surface area contributed by atoms with Gasteiger partial charge in [-0.25, -0.2) is 4.98 Å². The number of aromatic amines is 1. The lowest BCUT2D eigenvalue weighted by molar-refractivity contribution is 0.573. The number of piperidine rings is 1. The minimum absolute atomic E-state index is 0. The molecule has 4 rings (SSSR count). The summed E-state index contributed by atoms with van der Waals surface area (Å²) in [5.41, 5.74) is 3.24. The molecule has 0 spiro atoms. The van der Waals surface area contributed by atoms with E-state index in [1.807, 2.05) is 6.20 Å². The highest BCUT2D eigenvalue weighted by Crippen LogP contribution is 2.24. The van der Waals surface area contributed by atoms with Gasteiger partial charge < -0.3 is 15.2 Å². The molecule has 0 saturated carbocycles. The van der Waals surface area contributed by atoms with Gasteiger partial charge >= 0.3 is 0 Å². The van der Waals surface area contributed by atoms with E-state index >= 15 is 0 Å². The van der Waals surface area contributed by atoms with Crippen LogP contribution >= 0.6 is 12.4 Å². The molecule has 1 saturated heterocycles. The van der Waals surface area contributed by atoms with Gasteiger partial charge in [-0.15, -0.1) is 12.4 Å². The van der Waals surface area contributed by atoms with E-state index in [9.17, 15) is 0 Å². The van der Waals surface area contributed by atoms with Gasteiger partial charge in [0.15, 0.2) is 0 Å². The van der Waals surface area contributed by atoms with E-state index in [4.69, 9.17) is 9.97 Å². The number of anilines is 3. The number of aromatic nitrogens is 3. The van der Waals surface area contributed by atoms with Crippen LogP contribution in [0.3, 0.4) is 0 Å². The number of hydrogen-bond acceptors (Lipinski definition) is 4. The highest BCUT2D eigenvalue weighted by molar-refractivity contribution is 5.85. The highest BCUT2D eigenvalue weighted by Gasteiger charge is 2.14. The normalized spacial score (nSPS) is 14.3. The molecule has 3 heterocycles. The molecule has 1 fully saturated rings. The quantitative estimate of drug-likeness (QED) is 0.657. The molecule has 0 unspecified atom stereocenters. The summed E-state index contributed by atoms with van der Waals surface area (Å²) < 4.78 is 0. The number of H-pyrrole nitrogens is 1. The summed E-state index contributed by atoms with van der Waals surface area (Å²) in [6.45, 7) is 4.38. The Hall–Kier alpha value is -2.27. The molecule has 3 aromatic rings. The Labute approximate surface area is 160 Å². The van der Waals surface area contributed by atoms with Gasteiger partial charge in [-0.1, -0.05) is 19.4 Å². The number of halogens is 1. The van der Waals surface area contributed by atoms with Crippen molar-refractivity contribution < 1.29 is 0 Å². The molecule has 0 amide bonds. The van der Waals surface area contributed by atoms with E-state index in [0.717, 1.165) is 48.6 Å². The van der Waals surface area contributed by atoms with Crippen LogP contribution < -0.4 is 10.2 Å². The fourth-order valence-electron chi connectivity index (χ4n) is 3.46. The third kappa shape index (κ3) is 4.10. The van der Waals surface area contributed by atoms with Gasteiger partial charge in [0.2, 0.25) is 5.95 Å². The molecule has 2 N–H and O–H groups in total. The Morgan fingerprint density at radius 3 is 2.73 bits per heavy atom. The summed E-state index contributed by atoms with van der Waals surface area (Å²) in [7, 11) is 0. The van der Waals surface area contributed by atoms with E-state index in [1.165, 1.54) is 24.6 Å². The van der Waals surface area contributed by atoms with E-state index in [0.29, 0.717) is 5.95 Å². The van der Waals surface area contributed by atoms with Gasteiger partial charge in [0.25, 0.3) is 0 Å². The molecule has 6 heteroatoms. The second kappa shape index (κ2) is 8.41. The zero-order valence-electron chi connectivity index (χ0n) is 15.2. The molecule has 0 aliphatic carbocycles. The largest absolute Gasteiger partial charge is 0.361 e. The first-order valence-corrected chi connectivity index (χ1v) is 9.29. The minimum Gasteiger partial charge on any atom is -0.361 e. The van der Waals surface area contributed by atoms with E-state index in [1.54, 1.807) is 0 Å². The SMILES string of the molecule is CCCc1cc(N2CCCCC2)nc(Nc2ccc3cc[nH]c3c2)n1.Cl. The average Bonchev–Trinajstić information content (AvgIpc) is 3.10. The molecule has 5 nitrogen and oxygen atoms in total. The number of aryl methyl sites for hydroxylation is 1. The maximum absolute atomic E-state index is 4.80. The van der Waals surface area contributed by atoms with Crippen molar-refractivity contribution in [1.29, 1.82) is 0 Å². The standard InChI is InChI=1S/C20H25N5.ClH/c1-2-6-16-14-19(25-11-4-3-5-12-25)24-20(22-16)23-17-8-7-15-9-10-21-18(15)13-17;/h7-10,13-14,21H,2-6,11-12H2,1H3,(H,22,23,24);1H. The molecule has 26 heavy (non-hydrogen) atoms. The van der Waals surface area contributed by atoms with Gasteiger partial charge in [0.1, 0.15) is 5.82 Å². The van der Waals surface area contributed by atoms with Crippen LogP contribution in [0.5, 0.6) is 0 Å². The predicted molar refractivity (Wildman–Crippen MR) is 111 cm³/mol. The van der Waals surface area contributed by atoms with Crippen molar-refractivity contribution in [2.75, 3.05) is 23.3 Å². The van der Waals surface area contributed by atoms with Crippen LogP contribution in [0.25, 0.3) is 10.9 Å². The maximum Gasteiger partial charge on any atom is 0.229 e. The molecule has 0 bridgehead atoms. The van der Waals surface area contributed by atoms with Crippen molar-refractivity contribution >= 4 is 40.8 Å². The molecule has 138 valence electrons. The summed E-state index contributed by atoms with van der Waals surface area (Å²) in [6.07, 6.45) is 7.85. The fraction of sp³-hybridized carbons (Fsp3) is 0.400. The molecule has 1 aromatic carbocycles. The summed E-state index contributed by atoms with van der Waals surface area (Å²) in [4.78, 5) is 15.2. The van der Waals surface area contributed by atoms with Crippen LogP contribution in [0.4, 0.5) is 17.5 Å². The van der Waals surface area contributed by atoms with Crippen LogP contribution in [-0.2, 0) is 6.42 Å². The van der Waals surface area contributed by atoms with Gasteiger partial charge in [0, 0.05) is 42.3 Å². The highest BCUT2D eigenvalue weighted by atomic mass is 35.5. The third-order valence-corrected chi connectivity index (χ3v) is 4.76. The second-order valence-electron chi connectivity index (χ2n) is 6.74. The maximum atomic E-state index is 4.80. The lowest BCUT2D eigenvalue weighted by atomic mass is 10.1. The predicted octanol–water partition coefficient (Wildman–Crippen LogP) is 5.07. The van der Waals surface area contributed by atoms with Gasteiger partial charge in [-0.2, -0.15) is 4.98 Å². The Morgan fingerprint density at radius 1 is 1.08 bits per heavy atom. The first kappa shape index (κ1) is 18.5. The number of fused-ring (bicyclic) bond motifs is 1. The number of rotatable bonds is 5. The smallest absolute Gasteiger partial charge is 0.229 e. The summed E-state index contributed by atoms with van der Waals surface area (Å²) >= 11 is 0. The number of nitrogens with one attached hydrogen (secondary N) is 2. The zero-order chi connectivity index (χ0) is 17.1. The number of nitrogens with zero attached hydrogens (tertiary/aromatic N) is 3. The zero-order valence-corrected chi connectivity index (χ0v) is 16.0. The Bertz CT molecular complexity index is 854. The van der Waals surface area contributed by atoms with Crippen molar-refractivity contribution in [3.05, 3.63) is 42.2 Å². The van der Waals surface area contributed by atoms with E-state index in [-0.39, 0.29) is 12.4 Å². The molecular formula is C20H26ClN5. The van der Waals surface area contributed by atoms with Crippen LogP contribution in [0, 0.1) is 0 Å². The first-order valence-electron chi connectivity index (χ1n) is 9.29. The average molecular weight is 372 g/mol. The van der Waals surface area contributed by atoms with Crippen molar-refractivity contribution in [2.24, 2.45) is 0 Å². The van der Waals surface area contributed by atoms with Crippen LogP contribution in [-0.4, -0.2) is 28.0 Å². The monoisotopic (exact) mass is 371 g/mol. The molecule has 1 aliphatic heterocycles. The third-order valence-electron chi connectivity index (χ3n) is 4.76. The molecule has 1 aliphatic rings. The summed E-state index contributed by atoms with van der Waals surface area (Å²) in [5.74, 6) is 1.75.